The van der Waals surface area contributed by atoms with E-state index in [0.717, 1.165) is 12.1 Å². The van der Waals surface area contributed by atoms with Crippen LogP contribution in [0.1, 0.15) is 12.8 Å². The summed E-state index contributed by atoms with van der Waals surface area (Å²) in [5.41, 5.74) is 5.49. The molecule has 4 rings (SSSR count). The lowest BCUT2D eigenvalue weighted by molar-refractivity contribution is -0.122. The number of aromatic nitrogens is 3. The Hall–Kier alpha value is -3.48. The number of ether oxygens (including phenoxy) is 1. The van der Waals surface area contributed by atoms with E-state index in [-0.39, 0.29) is 18.2 Å². The van der Waals surface area contributed by atoms with Gasteiger partial charge in [0, 0.05) is 24.7 Å². The highest BCUT2D eigenvalue weighted by Crippen LogP contribution is 2.44. The number of hydrogen-bond acceptors (Lipinski definition) is 7. The number of nitrogens with two attached hydrogens (primary N) is 1. The molecule has 0 amide bonds. The van der Waals surface area contributed by atoms with Crippen molar-refractivity contribution in [3.8, 4) is 22.9 Å². The SMILES string of the molecule is Nc1nccc(-c2cccnc2Oc2ccc(NS(=O)(=O)CC3CCC3(F)F)c(F)c2F)n1. The highest BCUT2D eigenvalue weighted by molar-refractivity contribution is 7.92. The number of benzene rings is 1. The lowest BCUT2D eigenvalue weighted by Gasteiger charge is -2.35. The highest BCUT2D eigenvalue weighted by atomic mass is 32.2. The van der Waals surface area contributed by atoms with Crippen molar-refractivity contribution in [3.05, 3.63) is 54.4 Å². The molecule has 1 unspecified atom stereocenters. The second kappa shape index (κ2) is 8.46. The van der Waals surface area contributed by atoms with Crippen molar-refractivity contribution < 1.29 is 30.7 Å². The minimum atomic E-state index is -4.34. The maximum atomic E-state index is 14.7. The fraction of sp³-hybridized carbons (Fsp3) is 0.250. The number of alkyl halides is 2. The maximum absolute atomic E-state index is 14.7. The number of nitrogens with one attached hydrogen (secondary N) is 1. The Morgan fingerprint density at radius 3 is 2.58 bits per heavy atom. The molecule has 3 aromatic rings. The van der Waals surface area contributed by atoms with E-state index < -0.39 is 57.1 Å². The topological polar surface area (TPSA) is 120 Å². The smallest absolute Gasteiger partial charge is 0.252 e. The Kier molecular flexibility index (Phi) is 5.82. The van der Waals surface area contributed by atoms with Gasteiger partial charge in [0.15, 0.2) is 11.6 Å². The van der Waals surface area contributed by atoms with Crippen LogP contribution >= 0.6 is 0 Å². The van der Waals surface area contributed by atoms with Crippen molar-refractivity contribution in [1.82, 2.24) is 15.0 Å². The normalized spacial score (nSPS) is 17.3. The molecule has 1 fully saturated rings. The Labute approximate surface area is 185 Å². The molecule has 1 aromatic carbocycles. The minimum Gasteiger partial charge on any atom is -0.435 e. The van der Waals surface area contributed by atoms with Crippen LogP contribution in [0.25, 0.3) is 11.3 Å². The monoisotopic (exact) mass is 483 g/mol. The molecular formula is C20H17F4N5O3S. The van der Waals surface area contributed by atoms with Crippen LogP contribution in [0, 0.1) is 17.6 Å². The van der Waals surface area contributed by atoms with Crippen LogP contribution in [0.4, 0.5) is 29.2 Å². The Balaban J connectivity index is 1.57. The molecule has 1 aliphatic rings. The molecule has 174 valence electrons. The molecule has 1 saturated carbocycles. The summed E-state index contributed by atoms with van der Waals surface area (Å²) in [6, 6.07) is 6.56. The lowest BCUT2D eigenvalue weighted by atomic mass is 9.82. The molecule has 1 aliphatic carbocycles. The summed E-state index contributed by atoms with van der Waals surface area (Å²) < 4.78 is 87.6. The van der Waals surface area contributed by atoms with Gasteiger partial charge in [-0.1, -0.05) is 0 Å². The molecule has 13 heteroatoms. The molecule has 2 aromatic heterocycles. The average molecular weight is 483 g/mol. The van der Waals surface area contributed by atoms with E-state index in [1.54, 1.807) is 12.1 Å². The number of rotatable bonds is 7. The average Bonchev–Trinajstić information content (AvgIpc) is 2.77. The first-order valence-electron chi connectivity index (χ1n) is 9.64. The highest BCUT2D eigenvalue weighted by Gasteiger charge is 2.50. The summed E-state index contributed by atoms with van der Waals surface area (Å²) in [5, 5.41) is 0. The Morgan fingerprint density at radius 1 is 1.12 bits per heavy atom. The summed E-state index contributed by atoms with van der Waals surface area (Å²) in [6.45, 7) is 0. The second-order valence-corrected chi connectivity index (χ2v) is 9.14. The zero-order valence-electron chi connectivity index (χ0n) is 16.8. The van der Waals surface area contributed by atoms with E-state index in [1.807, 2.05) is 4.72 Å². The zero-order valence-corrected chi connectivity index (χ0v) is 17.6. The first-order valence-corrected chi connectivity index (χ1v) is 11.3. The van der Waals surface area contributed by atoms with Gasteiger partial charge in [-0.15, -0.1) is 0 Å². The molecule has 3 N–H and O–H groups in total. The van der Waals surface area contributed by atoms with Gasteiger partial charge in [-0.2, -0.15) is 4.39 Å². The summed E-state index contributed by atoms with van der Waals surface area (Å²) in [5.74, 6) is -9.13. The van der Waals surface area contributed by atoms with Gasteiger partial charge in [0.2, 0.25) is 27.7 Å². The number of sulfonamides is 1. The van der Waals surface area contributed by atoms with Crippen LogP contribution in [0.3, 0.4) is 0 Å². The summed E-state index contributed by atoms with van der Waals surface area (Å²) >= 11 is 0. The van der Waals surface area contributed by atoms with Crippen LogP contribution < -0.4 is 15.2 Å². The number of nitrogen functional groups attached to an aromatic ring is 1. The van der Waals surface area contributed by atoms with Crippen molar-refractivity contribution in [2.45, 2.75) is 18.8 Å². The first-order chi connectivity index (χ1) is 15.6. The maximum Gasteiger partial charge on any atom is 0.252 e. The minimum absolute atomic E-state index is 0.0178. The number of halogens is 4. The largest absolute Gasteiger partial charge is 0.435 e. The first kappa shape index (κ1) is 22.7. The number of hydrogen-bond donors (Lipinski definition) is 2. The number of nitrogens with zero attached hydrogens (tertiary/aromatic N) is 3. The Morgan fingerprint density at radius 2 is 1.91 bits per heavy atom. The number of pyridine rings is 1. The van der Waals surface area contributed by atoms with Crippen molar-refractivity contribution in [3.63, 3.8) is 0 Å². The van der Waals surface area contributed by atoms with E-state index >= 15 is 0 Å². The molecule has 2 heterocycles. The second-order valence-electron chi connectivity index (χ2n) is 7.38. The van der Waals surface area contributed by atoms with E-state index in [0.29, 0.717) is 11.3 Å². The zero-order chi connectivity index (χ0) is 23.8. The van der Waals surface area contributed by atoms with E-state index in [9.17, 15) is 26.0 Å². The fourth-order valence-electron chi connectivity index (χ4n) is 3.23. The standard InChI is InChI=1S/C20H17F4N5O3S/c21-16-14(29-33(30,31)10-11-5-7-20(11,23)24)3-4-15(17(16)22)32-18-12(2-1-8-26-18)13-6-9-27-19(25)28-13/h1-4,6,8-9,11,29H,5,7,10H2,(H2,25,27,28). The molecule has 33 heavy (non-hydrogen) atoms. The van der Waals surface area contributed by atoms with Crippen molar-refractivity contribution in [2.24, 2.45) is 5.92 Å². The molecule has 0 aliphatic heterocycles. The van der Waals surface area contributed by atoms with Gasteiger partial charge in [-0.05, 0) is 36.8 Å². The predicted octanol–water partition coefficient (Wildman–Crippen LogP) is 3.98. The van der Waals surface area contributed by atoms with Crippen LogP contribution in [-0.2, 0) is 10.0 Å². The number of anilines is 2. The molecule has 0 spiro atoms. The predicted molar refractivity (Wildman–Crippen MR) is 111 cm³/mol. The van der Waals surface area contributed by atoms with Gasteiger partial charge >= 0.3 is 0 Å². The van der Waals surface area contributed by atoms with Crippen LogP contribution in [0.5, 0.6) is 11.6 Å². The van der Waals surface area contributed by atoms with Crippen molar-refractivity contribution in [2.75, 3.05) is 16.2 Å². The lowest BCUT2D eigenvalue weighted by Crippen LogP contribution is -2.43. The summed E-state index contributed by atoms with van der Waals surface area (Å²) in [4.78, 5) is 11.8. The molecule has 1 atom stereocenters. The summed E-state index contributed by atoms with van der Waals surface area (Å²) in [6.07, 6.45) is 2.38. The van der Waals surface area contributed by atoms with Crippen molar-refractivity contribution in [1.29, 1.82) is 0 Å². The van der Waals surface area contributed by atoms with E-state index in [2.05, 4.69) is 15.0 Å². The van der Waals surface area contributed by atoms with Crippen molar-refractivity contribution >= 4 is 21.7 Å². The van der Waals surface area contributed by atoms with Crippen LogP contribution in [-0.4, -0.2) is 35.0 Å². The van der Waals surface area contributed by atoms with E-state index in [1.165, 1.54) is 18.5 Å². The van der Waals surface area contributed by atoms with Gasteiger partial charge in [0.25, 0.3) is 5.92 Å². The van der Waals surface area contributed by atoms with Crippen LogP contribution in [0.15, 0.2) is 42.7 Å². The Bertz CT molecular complexity index is 1310. The molecule has 0 saturated heterocycles. The third-order valence-electron chi connectivity index (χ3n) is 5.08. The quantitative estimate of drug-likeness (QED) is 0.488. The molecular weight excluding hydrogens is 466 g/mol. The van der Waals surface area contributed by atoms with E-state index in [4.69, 9.17) is 10.5 Å². The third-order valence-corrected chi connectivity index (χ3v) is 6.46. The fourth-order valence-corrected chi connectivity index (χ4v) is 4.75. The van der Waals surface area contributed by atoms with Gasteiger partial charge in [0.05, 0.1) is 22.7 Å². The molecule has 8 nitrogen and oxygen atoms in total. The summed E-state index contributed by atoms with van der Waals surface area (Å²) in [7, 11) is -4.34. The van der Waals surface area contributed by atoms with Gasteiger partial charge in [-0.25, -0.2) is 36.5 Å². The van der Waals surface area contributed by atoms with Crippen LogP contribution in [0.2, 0.25) is 0 Å². The van der Waals surface area contributed by atoms with Gasteiger partial charge in [0.1, 0.15) is 0 Å². The van der Waals surface area contributed by atoms with Gasteiger partial charge in [-0.3, -0.25) is 4.72 Å². The van der Waals surface area contributed by atoms with Gasteiger partial charge < -0.3 is 10.5 Å². The molecule has 0 radical (unpaired) electrons. The third kappa shape index (κ3) is 4.82. The molecule has 0 bridgehead atoms.